The number of anilines is 1. The number of nitrogens with zero attached hydrogens (tertiary/aromatic N) is 1. The van der Waals surface area contributed by atoms with Gasteiger partial charge in [0.2, 0.25) is 5.91 Å². The van der Waals surface area contributed by atoms with E-state index < -0.39 is 0 Å². The molecule has 1 aromatic rings. The van der Waals surface area contributed by atoms with Gasteiger partial charge >= 0.3 is 0 Å². The van der Waals surface area contributed by atoms with Gasteiger partial charge in [0.15, 0.2) is 0 Å². The smallest absolute Gasteiger partial charge is 0.218 e. The molecule has 2 rings (SSSR count). The molecule has 92 valence electrons. The van der Waals surface area contributed by atoms with Gasteiger partial charge in [-0.05, 0) is 36.5 Å². The Morgan fingerprint density at radius 3 is 2.41 bits per heavy atom. The Labute approximate surface area is 103 Å². The molecule has 1 atom stereocenters. The maximum Gasteiger partial charge on any atom is 0.218 e. The number of hydrogen-bond acceptors (Lipinski definition) is 2. The maximum atomic E-state index is 10.9. The van der Waals surface area contributed by atoms with Crippen LogP contribution in [0.25, 0.3) is 0 Å². The van der Waals surface area contributed by atoms with Crippen LogP contribution >= 0.6 is 0 Å². The Balaban J connectivity index is 2.04. The summed E-state index contributed by atoms with van der Waals surface area (Å²) in [5, 5.41) is 0. The van der Waals surface area contributed by atoms with Gasteiger partial charge in [-0.15, -0.1) is 0 Å². The van der Waals surface area contributed by atoms with E-state index in [0.717, 1.165) is 13.1 Å². The van der Waals surface area contributed by atoms with Crippen LogP contribution in [0.2, 0.25) is 0 Å². The minimum absolute atomic E-state index is 0.208. The standard InChI is InChI=1S/C14H20N2O/c1-11(10-14(15)17)12-4-6-13(7-5-12)16-8-2-3-9-16/h4-7,11H,2-3,8-10H2,1H3,(H2,15,17). The molecule has 0 aliphatic carbocycles. The molecule has 2 N–H and O–H groups in total. The normalized spacial score (nSPS) is 17.1. The zero-order valence-corrected chi connectivity index (χ0v) is 10.4. The van der Waals surface area contributed by atoms with E-state index >= 15 is 0 Å². The highest BCUT2D eigenvalue weighted by atomic mass is 16.1. The summed E-state index contributed by atoms with van der Waals surface area (Å²) in [5.41, 5.74) is 7.69. The number of benzene rings is 1. The van der Waals surface area contributed by atoms with Crippen molar-refractivity contribution in [2.75, 3.05) is 18.0 Å². The van der Waals surface area contributed by atoms with Crippen LogP contribution in [0, 0.1) is 0 Å². The van der Waals surface area contributed by atoms with Gasteiger partial charge in [0.25, 0.3) is 0 Å². The first kappa shape index (κ1) is 12.0. The Morgan fingerprint density at radius 2 is 1.88 bits per heavy atom. The lowest BCUT2D eigenvalue weighted by Gasteiger charge is -2.18. The van der Waals surface area contributed by atoms with Gasteiger partial charge in [0, 0.05) is 25.2 Å². The van der Waals surface area contributed by atoms with Crippen molar-refractivity contribution in [1.29, 1.82) is 0 Å². The number of carbonyl (C=O) groups is 1. The molecule has 1 aliphatic rings. The van der Waals surface area contributed by atoms with Crippen LogP contribution in [-0.2, 0) is 4.79 Å². The lowest BCUT2D eigenvalue weighted by atomic mass is 9.97. The number of primary amides is 1. The third-order valence-corrected chi connectivity index (χ3v) is 3.44. The van der Waals surface area contributed by atoms with Gasteiger partial charge in [-0.1, -0.05) is 19.1 Å². The summed E-state index contributed by atoms with van der Waals surface area (Å²) in [6.45, 7) is 4.36. The second-order valence-corrected chi connectivity index (χ2v) is 4.86. The summed E-state index contributed by atoms with van der Waals surface area (Å²) >= 11 is 0. The van der Waals surface area contributed by atoms with E-state index in [4.69, 9.17) is 5.73 Å². The third kappa shape index (κ3) is 2.99. The van der Waals surface area contributed by atoms with Crippen LogP contribution in [0.1, 0.15) is 37.7 Å². The van der Waals surface area contributed by atoms with E-state index in [-0.39, 0.29) is 11.8 Å². The molecule has 0 radical (unpaired) electrons. The molecular weight excluding hydrogens is 212 g/mol. The molecule has 1 unspecified atom stereocenters. The van der Waals surface area contributed by atoms with Crippen LogP contribution in [0.3, 0.4) is 0 Å². The maximum absolute atomic E-state index is 10.9. The van der Waals surface area contributed by atoms with Crippen LogP contribution < -0.4 is 10.6 Å². The summed E-state index contributed by atoms with van der Waals surface area (Å²) in [5.74, 6) is -0.0266. The number of hydrogen-bond donors (Lipinski definition) is 1. The van der Waals surface area contributed by atoms with Crippen molar-refractivity contribution in [3.63, 3.8) is 0 Å². The molecule has 0 saturated carbocycles. The van der Waals surface area contributed by atoms with Gasteiger partial charge in [0.1, 0.15) is 0 Å². The summed E-state index contributed by atoms with van der Waals surface area (Å²) < 4.78 is 0. The third-order valence-electron chi connectivity index (χ3n) is 3.44. The highest BCUT2D eigenvalue weighted by Gasteiger charge is 2.13. The van der Waals surface area contributed by atoms with Crippen molar-refractivity contribution in [2.45, 2.75) is 32.1 Å². The second kappa shape index (κ2) is 5.21. The summed E-state index contributed by atoms with van der Waals surface area (Å²) in [6.07, 6.45) is 3.00. The van der Waals surface area contributed by atoms with Crippen LogP contribution in [0.5, 0.6) is 0 Å². The molecule has 1 aliphatic heterocycles. The van der Waals surface area contributed by atoms with Gasteiger partial charge in [-0.25, -0.2) is 0 Å². The minimum atomic E-state index is -0.235. The van der Waals surface area contributed by atoms with E-state index in [2.05, 4.69) is 29.2 Å². The predicted octanol–water partition coefficient (Wildman–Crippen LogP) is 2.27. The van der Waals surface area contributed by atoms with E-state index in [1.165, 1.54) is 24.1 Å². The first-order chi connectivity index (χ1) is 8.16. The number of amides is 1. The van der Waals surface area contributed by atoms with Crippen molar-refractivity contribution in [2.24, 2.45) is 5.73 Å². The fraction of sp³-hybridized carbons (Fsp3) is 0.500. The first-order valence-corrected chi connectivity index (χ1v) is 6.30. The Bertz CT molecular complexity index is 380. The summed E-state index contributed by atoms with van der Waals surface area (Å²) in [7, 11) is 0. The van der Waals surface area contributed by atoms with Crippen molar-refractivity contribution in [3.05, 3.63) is 29.8 Å². The predicted molar refractivity (Wildman–Crippen MR) is 70.1 cm³/mol. The second-order valence-electron chi connectivity index (χ2n) is 4.86. The first-order valence-electron chi connectivity index (χ1n) is 6.30. The zero-order valence-electron chi connectivity index (χ0n) is 10.4. The fourth-order valence-electron chi connectivity index (χ4n) is 2.41. The molecule has 1 aromatic carbocycles. The van der Waals surface area contributed by atoms with Gasteiger partial charge in [0.05, 0.1) is 0 Å². The van der Waals surface area contributed by atoms with E-state index in [1.807, 2.05) is 6.92 Å². The molecule has 3 nitrogen and oxygen atoms in total. The Hall–Kier alpha value is -1.51. The van der Waals surface area contributed by atoms with Crippen molar-refractivity contribution >= 4 is 11.6 Å². The lowest BCUT2D eigenvalue weighted by molar-refractivity contribution is -0.118. The molecule has 1 amide bonds. The molecule has 1 heterocycles. The lowest BCUT2D eigenvalue weighted by Crippen LogP contribution is -2.17. The Kier molecular flexibility index (Phi) is 3.67. The monoisotopic (exact) mass is 232 g/mol. The molecule has 1 fully saturated rings. The zero-order chi connectivity index (χ0) is 12.3. The highest BCUT2D eigenvalue weighted by molar-refractivity contribution is 5.74. The average Bonchev–Trinajstić information content (AvgIpc) is 2.82. The highest BCUT2D eigenvalue weighted by Crippen LogP contribution is 2.24. The van der Waals surface area contributed by atoms with Crippen molar-refractivity contribution in [3.8, 4) is 0 Å². The fourth-order valence-corrected chi connectivity index (χ4v) is 2.41. The molecule has 0 spiro atoms. The molecule has 0 bridgehead atoms. The van der Waals surface area contributed by atoms with Crippen molar-refractivity contribution < 1.29 is 4.79 Å². The van der Waals surface area contributed by atoms with Gasteiger partial charge in [-0.2, -0.15) is 0 Å². The van der Waals surface area contributed by atoms with Crippen LogP contribution in [0.4, 0.5) is 5.69 Å². The minimum Gasteiger partial charge on any atom is -0.372 e. The summed E-state index contributed by atoms with van der Waals surface area (Å²) in [6, 6.07) is 8.53. The molecule has 3 heteroatoms. The number of rotatable bonds is 4. The summed E-state index contributed by atoms with van der Waals surface area (Å²) in [4.78, 5) is 13.3. The molecule has 1 saturated heterocycles. The quantitative estimate of drug-likeness (QED) is 0.865. The van der Waals surface area contributed by atoms with E-state index in [0.29, 0.717) is 6.42 Å². The SMILES string of the molecule is CC(CC(N)=O)c1ccc(N2CCCC2)cc1. The molecule has 0 aromatic heterocycles. The average molecular weight is 232 g/mol. The van der Waals surface area contributed by atoms with Crippen LogP contribution in [-0.4, -0.2) is 19.0 Å². The van der Waals surface area contributed by atoms with Crippen molar-refractivity contribution in [1.82, 2.24) is 0 Å². The Morgan fingerprint density at radius 1 is 1.29 bits per heavy atom. The van der Waals surface area contributed by atoms with Crippen LogP contribution in [0.15, 0.2) is 24.3 Å². The largest absolute Gasteiger partial charge is 0.372 e. The molecular formula is C14H20N2O. The van der Waals surface area contributed by atoms with E-state index in [1.54, 1.807) is 0 Å². The number of nitrogens with two attached hydrogens (primary N) is 1. The number of carbonyl (C=O) groups excluding carboxylic acids is 1. The van der Waals surface area contributed by atoms with Gasteiger partial charge in [-0.3, -0.25) is 4.79 Å². The molecule has 17 heavy (non-hydrogen) atoms. The van der Waals surface area contributed by atoms with Gasteiger partial charge < -0.3 is 10.6 Å². The van der Waals surface area contributed by atoms with E-state index in [9.17, 15) is 4.79 Å². The topological polar surface area (TPSA) is 46.3 Å².